The molecule has 1 aliphatic rings. The van der Waals surface area contributed by atoms with Gasteiger partial charge in [0.05, 0.1) is 12.3 Å². The summed E-state index contributed by atoms with van der Waals surface area (Å²) < 4.78 is 7.40. The molecule has 36 heavy (non-hydrogen) atoms. The van der Waals surface area contributed by atoms with Crippen LogP contribution >= 0.6 is 0 Å². The van der Waals surface area contributed by atoms with Crippen molar-refractivity contribution in [2.24, 2.45) is 0 Å². The minimum atomic E-state index is -0.837. The fourth-order valence-electron chi connectivity index (χ4n) is 3.39. The second kappa shape index (κ2) is 11.6. The number of carbonyl (C=O) groups excluding carboxylic acids is 3. The second-order valence-electron chi connectivity index (χ2n) is 7.85. The first-order valence-corrected chi connectivity index (χ1v) is 11.2. The third-order valence-corrected chi connectivity index (χ3v) is 4.93. The maximum Gasteiger partial charge on any atom is 0.328 e. The predicted octanol–water partition coefficient (Wildman–Crippen LogP) is 3.48. The number of rotatable bonds is 6. The van der Waals surface area contributed by atoms with Crippen molar-refractivity contribution in [2.75, 3.05) is 6.61 Å². The van der Waals surface area contributed by atoms with Gasteiger partial charge in [-0.05, 0) is 55.3 Å². The summed E-state index contributed by atoms with van der Waals surface area (Å²) >= 11 is 0. The fraction of sp³-hybridized carbons (Fsp3) is 0.192. The van der Waals surface area contributed by atoms with Gasteiger partial charge in [-0.25, -0.2) is 9.48 Å². The molecule has 0 spiro atoms. The number of carboxylic acid groups (broad SMARTS) is 1. The number of nitrogens with zero attached hydrogens (tertiary/aromatic N) is 2. The van der Waals surface area contributed by atoms with Crippen LogP contribution in [-0.4, -0.2) is 45.3 Å². The van der Waals surface area contributed by atoms with Crippen LogP contribution in [-0.2, 0) is 14.4 Å². The summed E-state index contributed by atoms with van der Waals surface area (Å²) in [6.07, 6.45) is 4.10. The Balaban J connectivity index is 0.000000840. The van der Waals surface area contributed by atoms with E-state index < -0.39 is 23.8 Å². The normalized spacial score (nSPS) is 12.8. The molecule has 0 bridgehead atoms. The number of aromatic nitrogens is 2. The van der Waals surface area contributed by atoms with Gasteiger partial charge in [0, 0.05) is 24.2 Å². The van der Waals surface area contributed by atoms with Crippen LogP contribution in [0.4, 0.5) is 4.79 Å². The Morgan fingerprint density at radius 3 is 2.31 bits per heavy atom. The van der Waals surface area contributed by atoms with Crippen molar-refractivity contribution in [1.82, 2.24) is 20.4 Å². The number of amides is 4. The minimum absolute atomic E-state index is 0.168. The third kappa shape index (κ3) is 6.44. The molecule has 3 aromatic rings. The van der Waals surface area contributed by atoms with E-state index in [1.54, 1.807) is 10.9 Å². The highest BCUT2D eigenvalue weighted by Crippen LogP contribution is 2.31. The number of hydrogen-bond donors (Lipinski definition) is 3. The van der Waals surface area contributed by atoms with Crippen molar-refractivity contribution in [3.8, 4) is 22.7 Å². The summed E-state index contributed by atoms with van der Waals surface area (Å²) in [5.74, 6) is -1.57. The molecule has 10 nitrogen and oxygen atoms in total. The Bertz CT molecular complexity index is 1300. The number of nitrogens with one attached hydrogen (secondary N) is 2. The van der Waals surface area contributed by atoms with Gasteiger partial charge in [0.25, 0.3) is 17.8 Å². The van der Waals surface area contributed by atoms with Crippen molar-refractivity contribution < 1.29 is 29.0 Å². The fourth-order valence-corrected chi connectivity index (χ4v) is 3.39. The largest absolute Gasteiger partial charge is 0.494 e. The molecule has 0 aliphatic carbocycles. The lowest BCUT2D eigenvalue weighted by atomic mass is 10.0. The number of benzene rings is 2. The molecule has 186 valence electrons. The number of ether oxygens (including phenoxy) is 1. The van der Waals surface area contributed by atoms with E-state index >= 15 is 0 Å². The first kappa shape index (κ1) is 25.9. The molecule has 0 unspecified atom stereocenters. The Hall–Kier alpha value is -4.73. The molecule has 3 N–H and O–H groups in total. The molecule has 4 amide bonds. The molecule has 0 radical (unpaired) electrons. The average molecular weight is 491 g/mol. The van der Waals surface area contributed by atoms with Crippen LogP contribution in [0, 0.1) is 6.92 Å². The first-order chi connectivity index (χ1) is 17.2. The standard InChI is InChI=1S/C24H22N4O4.C2H4O2/c1-3-11-32-18-9-10-19(15(2)12-18)21-16(13-20-22(29)25-24(31)26-23(20)30)14-28(27-21)17-7-5-4-6-8-17;1-2(3)4/h4-10,12-14H,3,11H2,1-2H3,(H2,25,26,29,30,31);1H3,(H,3,4). The zero-order chi connectivity index (χ0) is 26.2. The summed E-state index contributed by atoms with van der Waals surface area (Å²) in [4.78, 5) is 44.9. The molecule has 0 saturated carbocycles. The van der Waals surface area contributed by atoms with Crippen molar-refractivity contribution >= 4 is 29.9 Å². The van der Waals surface area contributed by atoms with Gasteiger partial charge in [0.15, 0.2) is 0 Å². The topological polar surface area (TPSA) is 140 Å². The monoisotopic (exact) mass is 490 g/mol. The molecular weight excluding hydrogens is 464 g/mol. The number of urea groups is 1. The Labute approximate surface area is 207 Å². The van der Waals surface area contributed by atoms with E-state index in [1.807, 2.05) is 62.4 Å². The van der Waals surface area contributed by atoms with Gasteiger partial charge in [-0.3, -0.25) is 25.0 Å². The van der Waals surface area contributed by atoms with Gasteiger partial charge in [-0.15, -0.1) is 0 Å². The lowest BCUT2D eigenvalue weighted by molar-refractivity contribution is -0.134. The van der Waals surface area contributed by atoms with Crippen LogP contribution in [0.25, 0.3) is 23.0 Å². The number of carboxylic acids is 1. The number of hydrogen-bond acceptors (Lipinski definition) is 6. The molecule has 1 saturated heterocycles. The average Bonchev–Trinajstić information content (AvgIpc) is 3.24. The molecule has 0 atom stereocenters. The van der Waals surface area contributed by atoms with Crippen LogP contribution in [0.2, 0.25) is 0 Å². The summed E-state index contributed by atoms with van der Waals surface area (Å²) in [7, 11) is 0. The number of para-hydroxylation sites is 1. The molecule has 1 aliphatic heterocycles. The Morgan fingerprint density at radius 1 is 1.08 bits per heavy atom. The molecule has 1 fully saturated rings. The summed E-state index contributed by atoms with van der Waals surface area (Å²) in [5, 5.41) is 16.3. The summed E-state index contributed by atoms with van der Waals surface area (Å²) in [5.41, 5.74) is 3.59. The number of barbiturate groups is 1. The summed E-state index contributed by atoms with van der Waals surface area (Å²) in [6.45, 7) is 5.70. The van der Waals surface area contributed by atoms with Crippen molar-refractivity contribution in [2.45, 2.75) is 27.2 Å². The Kier molecular flexibility index (Phi) is 8.35. The van der Waals surface area contributed by atoms with Gasteiger partial charge in [-0.1, -0.05) is 25.1 Å². The Morgan fingerprint density at radius 2 is 1.72 bits per heavy atom. The van der Waals surface area contributed by atoms with Gasteiger partial charge < -0.3 is 9.84 Å². The number of imide groups is 2. The minimum Gasteiger partial charge on any atom is -0.494 e. The van der Waals surface area contributed by atoms with Crippen LogP contribution < -0.4 is 15.4 Å². The van der Waals surface area contributed by atoms with Crippen molar-refractivity contribution in [1.29, 1.82) is 0 Å². The maximum absolute atomic E-state index is 12.3. The van der Waals surface area contributed by atoms with Crippen LogP contribution in [0.1, 0.15) is 31.4 Å². The second-order valence-corrected chi connectivity index (χ2v) is 7.85. The molecule has 10 heteroatoms. The van der Waals surface area contributed by atoms with E-state index in [0.29, 0.717) is 17.9 Å². The zero-order valence-corrected chi connectivity index (χ0v) is 20.1. The predicted molar refractivity (Wildman–Crippen MR) is 132 cm³/mol. The highest BCUT2D eigenvalue weighted by Gasteiger charge is 2.28. The van der Waals surface area contributed by atoms with Crippen molar-refractivity contribution in [3.63, 3.8) is 0 Å². The van der Waals surface area contributed by atoms with E-state index in [1.165, 1.54) is 6.08 Å². The van der Waals surface area contributed by atoms with Crippen molar-refractivity contribution in [3.05, 3.63) is 71.4 Å². The number of aryl methyl sites for hydroxylation is 1. The first-order valence-electron chi connectivity index (χ1n) is 11.2. The van der Waals surface area contributed by atoms with E-state index in [4.69, 9.17) is 19.7 Å². The highest BCUT2D eigenvalue weighted by molar-refractivity contribution is 6.31. The molecular formula is C26H26N4O6. The van der Waals surface area contributed by atoms with E-state index in [0.717, 1.165) is 35.9 Å². The maximum atomic E-state index is 12.3. The lowest BCUT2D eigenvalue weighted by Crippen LogP contribution is -2.51. The van der Waals surface area contributed by atoms with Gasteiger partial charge in [0.1, 0.15) is 17.0 Å². The molecule has 2 aromatic carbocycles. The van der Waals surface area contributed by atoms with Gasteiger partial charge >= 0.3 is 6.03 Å². The molecule has 2 heterocycles. The SMILES string of the molecule is CC(=O)O.CCCOc1ccc(-c2nn(-c3ccccc3)cc2C=C2C(=O)NC(=O)NC2=O)c(C)c1. The zero-order valence-electron chi connectivity index (χ0n) is 20.1. The highest BCUT2D eigenvalue weighted by atomic mass is 16.5. The van der Waals surface area contributed by atoms with E-state index in [-0.39, 0.29) is 5.57 Å². The summed E-state index contributed by atoms with van der Waals surface area (Å²) in [6, 6.07) is 14.4. The van der Waals surface area contributed by atoms with E-state index in [9.17, 15) is 14.4 Å². The number of carbonyl (C=O) groups is 4. The van der Waals surface area contributed by atoms with Crippen LogP contribution in [0.15, 0.2) is 60.3 Å². The van der Waals surface area contributed by atoms with Crippen LogP contribution in [0.5, 0.6) is 5.75 Å². The van der Waals surface area contributed by atoms with E-state index in [2.05, 4.69) is 10.6 Å². The van der Waals surface area contributed by atoms with Gasteiger partial charge in [0.2, 0.25) is 0 Å². The third-order valence-electron chi connectivity index (χ3n) is 4.93. The smallest absolute Gasteiger partial charge is 0.328 e. The molecule has 1 aromatic heterocycles. The molecule has 4 rings (SSSR count). The number of aliphatic carboxylic acids is 1. The quantitative estimate of drug-likeness (QED) is 0.355. The lowest BCUT2D eigenvalue weighted by Gasteiger charge is -2.14. The van der Waals surface area contributed by atoms with Gasteiger partial charge in [-0.2, -0.15) is 5.10 Å². The van der Waals surface area contributed by atoms with Crippen LogP contribution in [0.3, 0.4) is 0 Å².